The predicted molar refractivity (Wildman–Crippen MR) is 65.1 cm³/mol. The number of aliphatic hydroxyl groups is 1. The Kier molecular flexibility index (Phi) is 5.64. The van der Waals surface area contributed by atoms with Crippen molar-refractivity contribution >= 4 is 27.5 Å². The molecule has 1 atom stereocenters. The molecule has 0 aliphatic heterocycles. The van der Waals surface area contributed by atoms with E-state index in [0.717, 1.165) is 29.6 Å². The first kappa shape index (κ1) is 13.0. The van der Waals surface area contributed by atoms with E-state index in [-0.39, 0.29) is 0 Å². The highest BCUT2D eigenvalue weighted by atomic mass is 79.9. The molecule has 15 heavy (non-hydrogen) atoms. The zero-order chi connectivity index (χ0) is 11.3. The fourth-order valence-electron chi connectivity index (χ4n) is 1.50. The van der Waals surface area contributed by atoms with Gasteiger partial charge in [0, 0.05) is 12.4 Å². The number of nitrogens with zero attached hydrogens (tertiary/aromatic N) is 2. The standard InChI is InChI=1S/C10H16BrClN2O/c1-2-6-14-10(8(11)7-13-14)9(15)4-3-5-12/h7,9,15H,2-6H2,1H3. The Morgan fingerprint density at radius 2 is 2.40 bits per heavy atom. The van der Waals surface area contributed by atoms with Crippen LogP contribution in [-0.4, -0.2) is 20.8 Å². The van der Waals surface area contributed by atoms with Gasteiger partial charge >= 0.3 is 0 Å². The van der Waals surface area contributed by atoms with Gasteiger partial charge < -0.3 is 5.11 Å². The smallest absolute Gasteiger partial charge is 0.0968 e. The lowest BCUT2D eigenvalue weighted by Crippen LogP contribution is -2.09. The summed E-state index contributed by atoms with van der Waals surface area (Å²) in [7, 11) is 0. The maximum Gasteiger partial charge on any atom is 0.0968 e. The van der Waals surface area contributed by atoms with Crippen LogP contribution in [0, 0.1) is 0 Å². The summed E-state index contributed by atoms with van der Waals surface area (Å²) in [5, 5.41) is 14.2. The summed E-state index contributed by atoms with van der Waals surface area (Å²) in [4.78, 5) is 0. The van der Waals surface area contributed by atoms with Crippen LogP contribution in [0.3, 0.4) is 0 Å². The Bertz CT molecular complexity index is 304. The largest absolute Gasteiger partial charge is 0.387 e. The first-order valence-electron chi connectivity index (χ1n) is 5.16. The molecule has 0 radical (unpaired) electrons. The number of aryl methyl sites for hydroxylation is 1. The zero-order valence-electron chi connectivity index (χ0n) is 8.79. The maximum absolute atomic E-state index is 9.98. The predicted octanol–water partition coefficient (Wildman–Crippen LogP) is 3.11. The van der Waals surface area contributed by atoms with Crippen molar-refractivity contribution in [3.8, 4) is 0 Å². The van der Waals surface area contributed by atoms with Crippen LogP contribution >= 0.6 is 27.5 Å². The molecule has 0 spiro atoms. The second-order valence-corrected chi connectivity index (χ2v) is 4.68. The summed E-state index contributed by atoms with van der Waals surface area (Å²) < 4.78 is 2.72. The lowest BCUT2D eigenvalue weighted by Gasteiger charge is -2.13. The fourth-order valence-corrected chi connectivity index (χ4v) is 2.22. The normalized spacial score (nSPS) is 13.1. The Labute approximate surface area is 104 Å². The quantitative estimate of drug-likeness (QED) is 0.819. The van der Waals surface area contributed by atoms with E-state index in [1.165, 1.54) is 0 Å². The third-order valence-electron chi connectivity index (χ3n) is 2.20. The monoisotopic (exact) mass is 294 g/mol. The van der Waals surface area contributed by atoms with E-state index >= 15 is 0 Å². The Morgan fingerprint density at radius 3 is 3.00 bits per heavy atom. The molecule has 0 aromatic carbocycles. The van der Waals surface area contributed by atoms with Gasteiger partial charge in [0.2, 0.25) is 0 Å². The molecule has 0 amide bonds. The van der Waals surface area contributed by atoms with Gasteiger partial charge in [-0.15, -0.1) is 11.6 Å². The molecule has 0 bridgehead atoms. The molecule has 1 unspecified atom stereocenters. The van der Waals surface area contributed by atoms with E-state index in [1.807, 2.05) is 4.68 Å². The van der Waals surface area contributed by atoms with Crippen LogP contribution in [0.1, 0.15) is 38.0 Å². The van der Waals surface area contributed by atoms with Crippen molar-refractivity contribution in [2.45, 2.75) is 38.8 Å². The average Bonchev–Trinajstić information content (AvgIpc) is 2.57. The van der Waals surface area contributed by atoms with E-state index in [1.54, 1.807) is 6.20 Å². The van der Waals surface area contributed by atoms with E-state index in [0.29, 0.717) is 12.3 Å². The topological polar surface area (TPSA) is 38.0 Å². The van der Waals surface area contributed by atoms with Crippen LogP contribution in [-0.2, 0) is 6.54 Å². The molecule has 1 aromatic rings. The highest BCUT2D eigenvalue weighted by Crippen LogP contribution is 2.26. The maximum atomic E-state index is 9.98. The average molecular weight is 296 g/mol. The second kappa shape index (κ2) is 6.51. The molecule has 1 rings (SSSR count). The third kappa shape index (κ3) is 3.47. The Hall–Kier alpha value is -0.0600. The summed E-state index contributed by atoms with van der Waals surface area (Å²) in [6, 6.07) is 0. The van der Waals surface area contributed by atoms with Crippen LogP contribution in [0.15, 0.2) is 10.7 Å². The van der Waals surface area contributed by atoms with Gasteiger partial charge in [-0.2, -0.15) is 5.10 Å². The van der Waals surface area contributed by atoms with Gasteiger partial charge in [0.05, 0.1) is 22.5 Å². The Balaban J connectivity index is 2.75. The molecule has 1 heterocycles. The molecule has 1 aromatic heterocycles. The highest BCUT2D eigenvalue weighted by Gasteiger charge is 2.16. The molecule has 0 saturated carbocycles. The highest BCUT2D eigenvalue weighted by molar-refractivity contribution is 9.10. The van der Waals surface area contributed by atoms with E-state index in [9.17, 15) is 5.11 Å². The molecule has 0 aliphatic rings. The number of halogens is 2. The number of rotatable bonds is 6. The molecular formula is C10H16BrClN2O. The summed E-state index contributed by atoms with van der Waals surface area (Å²) in [6.07, 6.45) is 3.74. The number of hydrogen-bond donors (Lipinski definition) is 1. The van der Waals surface area contributed by atoms with Crippen molar-refractivity contribution in [1.29, 1.82) is 0 Å². The van der Waals surface area contributed by atoms with Crippen LogP contribution in [0.5, 0.6) is 0 Å². The first-order chi connectivity index (χ1) is 7.20. The summed E-state index contributed by atoms with van der Waals surface area (Å²) in [6.45, 7) is 2.92. The van der Waals surface area contributed by atoms with Crippen molar-refractivity contribution in [3.05, 3.63) is 16.4 Å². The summed E-state index contributed by atoms with van der Waals surface area (Å²) in [5.41, 5.74) is 0.863. The van der Waals surface area contributed by atoms with Crippen LogP contribution in [0.4, 0.5) is 0 Å². The molecule has 1 N–H and O–H groups in total. The van der Waals surface area contributed by atoms with Crippen molar-refractivity contribution in [2.75, 3.05) is 5.88 Å². The van der Waals surface area contributed by atoms with Gasteiger partial charge in [-0.05, 0) is 35.2 Å². The lowest BCUT2D eigenvalue weighted by molar-refractivity contribution is 0.154. The van der Waals surface area contributed by atoms with Crippen molar-refractivity contribution < 1.29 is 5.11 Å². The van der Waals surface area contributed by atoms with Crippen LogP contribution in [0.25, 0.3) is 0 Å². The summed E-state index contributed by atoms with van der Waals surface area (Å²) >= 11 is 9.01. The zero-order valence-corrected chi connectivity index (χ0v) is 11.1. The molecule has 86 valence electrons. The van der Waals surface area contributed by atoms with Gasteiger partial charge in [-0.3, -0.25) is 4.68 Å². The minimum atomic E-state index is -0.479. The first-order valence-corrected chi connectivity index (χ1v) is 6.48. The van der Waals surface area contributed by atoms with E-state index in [4.69, 9.17) is 11.6 Å². The SMILES string of the molecule is CCCn1ncc(Br)c1C(O)CCCCl. The second-order valence-electron chi connectivity index (χ2n) is 3.45. The molecule has 5 heteroatoms. The summed E-state index contributed by atoms with van der Waals surface area (Å²) in [5.74, 6) is 0.580. The van der Waals surface area contributed by atoms with Gasteiger partial charge in [0.1, 0.15) is 0 Å². The van der Waals surface area contributed by atoms with E-state index in [2.05, 4.69) is 28.0 Å². The van der Waals surface area contributed by atoms with Gasteiger partial charge in [-0.25, -0.2) is 0 Å². The fraction of sp³-hybridized carbons (Fsp3) is 0.700. The van der Waals surface area contributed by atoms with Crippen LogP contribution < -0.4 is 0 Å². The molecular weight excluding hydrogens is 279 g/mol. The van der Waals surface area contributed by atoms with E-state index < -0.39 is 6.10 Å². The van der Waals surface area contributed by atoms with Crippen LogP contribution in [0.2, 0.25) is 0 Å². The number of aromatic nitrogens is 2. The Morgan fingerprint density at radius 1 is 1.67 bits per heavy atom. The van der Waals surface area contributed by atoms with Gasteiger partial charge in [0.15, 0.2) is 0 Å². The van der Waals surface area contributed by atoms with Gasteiger partial charge in [0.25, 0.3) is 0 Å². The number of alkyl halides is 1. The van der Waals surface area contributed by atoms with Crippen molar-refractivity contribution in [2.24, 2.45) is 0 Å². The molecule has 0 saturated heterocycles. The number of hydrogen-bond acceptors (Lipinski definition) is 2. The number of aliphatic hydroxyl groups excluding tert-OH is 1. The lowest BCUT2D eigenvalue weighted by atomic mass is 10.1. The molecule has 3 nitrogen and oxygen atoms in total. The minimum Gasteiger partial charge on any atom is -0.387 e. The minimum absolute atomic E-state index is 0.479. The third-order valence-corrected chi connectivity index (χ3v) is 3.07. The van der Waals surface area contributed by atoms with Gasteiger partial charge in [-0.1, -0.05) is 6.92 Å². The molecule has 0 aliphatic carbocycles. The molecule has 0 fully saturated rings. The van der Waals surface area contributed by atoms with Crippen molar-refractivity contribution in [1.82, 2.24) is 9.78 Å². The van der Waals surface area contributed by atoms with Crippen molar-refractivity contribution in [3.63, 3.8) is 0 Å².